The zero-order valence-corrected chi connectivity index (χ0v) is 6.89. The Morgan fingerprint density at radius 2 is 2.10 bits per heavy atom. The van der Waals surface area contributed by atoms with E-state index in [1.54, 1.807) is 11.8 Å². The van der Waals surface area contributed by atoms with E-state index in [0.29, 0.717) is 13.3 Å². The first kappa shape index (κ1) is 9.43. The summed E-state index contributed by atoms with van der Waals surface area (Å²) in [5, 5.41) is 0. The lowest BCUT2D eigenvalue weighted by Gasteiger charge is -2.07. The first-order valence-corrected chi connectivity index (χ1v) is 3.64. The Morgan fingerprint density at radius 1 is 1.50 bits per heavy atom. The Labute approximate surface area is 62.0 Å². The van der Waals surface area contributed by atoms with Crippen molar-refractivity contribution in [2.24, 2.45) is 0 Å². The molecule has 0 aromatic carbocycles. The van der Waals surface area contributed by atoms with Crippen LogP contribution in [0.3, 0.4) is 0 Å². The van der Waals surface area contributed by atoms with Crippen LogP contribution in [0, 0.1) is 0 Å². The number of rotatable bonds is 0. The molecule has 0 aromatic heterocycles. The third-order valence-corrected chi connectivity index (χ3v) is 1.20. The fraction of sp³-hybridized carbons (Fsp3) is 0.857. The van der Waals surface area contributed by atoms with Gasteiger partial charge in [0.15, 0.2) is 0 Å². The molecule has 1 rings (SSSR count). The van der Waals surface area contributed by atoms with Crippen LogP contribution < -0.4 is 0 Å². The van der Waals surface area contributed by atoms with E-state index in [2.05, 4.69) is 0 Å². The molecule has 0 atom stereocenters. The van der Waals surface area contributed by atoms with Crippen molar-refractivity contribution >= 4 is 5.91 Å². The van der Waals surface area contributed by atoms with E-state index in [4.69, 9.17) is 4.74 Å². The minimum absolute atomic E-state index is 0.0995. The van der Waals surface area contributed by atoms with Crippen LogP contribution in [-0.2, 0) is 9.53 Å². The Hall–Kier alpha value is -0.570. The van der Waals surface area contributed by atoms with Crippen LogP contribution in [0.4, 0.5) is 0 Å². The highest BCUT2D eigenvalue weighted by atomic mass is 16.5. The lowest BCUT2D eigenvalue weighted by molar-refractivity contribution is -0.129. The van der Waals surface area contributed by atoms with Gasteiger partial charge in [-0.3, -0.25) is 4.79 Å². The van der Waals surface area contributed by atoms with Crippen LogP contribution in [0.5, 0.6) is 0 Å². The summed E-state index contributed by atoms with van der Waals surface area (Å²) in [7, 11) is 0. The highest BCUT2D eigenvalue weighted by molar-refractivity contribution is 5.73. The first-order valence-electron chi connectivity index (χ1n) is 3.64. The molecule has 1 aliphatic heterocycles. The largest absolute Gasteiger partial charge is 0.359 e. The molecule has 1 aliphatic rings. The number of nitrogens with zero attached hydrogens (tertiary/aromatic N) is 1. The Kier molecular flexibility index (Phi) is 4.94. The highest BCUT2D eigenvalue weighted by Crippen LogP contribution is 1.97. The van der Waals surface area contributed by atoms with E-state index in [9.17, 15) is 4.79 Å². The van der Waals surface area contributed by atoms with Gasteiger partial charge in [-0.05, 0) is 0 Å². The average Bonchev–Trinajstić information content (AvgIpc) is 2.42. The highest BCUT2D eigenvalue weighted by Gasteiger charge is 2.12. The van der Waals surface area contributed by atoms with Crippen molar-refractivity contribution in [2.75, 3.05) is 19.9 Å². The van der Waals surface area contributed by atoms with Gasteiger partial charge in [0.2, 0.25) is 5.91 Å². The predicted molar refractivity (Wildman–Crippen MR) is 39.6 cm³/mol. The van der Waals surface area contributed by atoms with Crippen LogP contribution in [0.2, 0.25) is 0 Å². The summed E-state index contributed by atoms with van der Waals surface area (Å²) in [5.74, 6) is 0.0995. The molecular weight excluding hydrogens is 130 g/mol. The Balaban J connectivity index is 0.000000371. The molecule has 0 spiro atoms. The van der Waals surface area contributed by atoms with Gasteiger partial charge in [-0.2, -0.15) is 0 Å². The molecule has 0 N–H and O–H groups in total. The van der Waals surface area contributed by atoms with Gasteiger partial charge >= 0.3 is 0 Å². The van der Waals surface area contributed by atoms with Crippen LogP contribution in [-0.4, -0.2) is 30.7 Å². The maximum atomic E-state index is 10.5. The number of hydrogen-bond acceptors (Lipinski definition) is 2. The van der Waals surface area contributed by atoms with Gasteiger partial charge in [-0.25, -0.2) is 0 Å². The summed E-state index contributed by atoms with van der Waals surface area (Å²) in [4.78, 5) is 12.2. The molecule has 0 aliphatic carbocycles. The smallest absolute Gasteiger partial charge is 0.221 e. The second-order valence-electron chi connectivity index (χ2n) is 1.82. The lowest BCUT2D eigenvalue weighted by Crippen LogP contribution is -2.24. The third kappa shape index (κ3) is 2.82. The summed E-state index contributed by atoms with van der Waals surface area (Å²) >= 11 is 0. The minimum atomic E-state index is 0.0995. The number of carbonyl (C=O) groups excluding carboxylic acids is 1. The van der Waals surface area contributed by atoms with E-state index in [0.717, 1.165) is 6.54 Å². The molecule has 1 heterocycles. The molecule has 3 nitrogen and oxygen atoms in total. The predicted octanol–water partition coefficient (Wildman–Crippen LogP) is 0.849. The maximum Gasteiger partial charge on any atom is 0.221 e. The van der Waals surface area contributed by atoms with Crippen molar-refractivity contribution in [3.63, 3.8) is 0 Å². The Morgan fingerprint density at radius 3 is 2.30 bits per heavy atom. The van der Waals surface area contributed by atoms with Gasteiger partial charge in [0.25, 0.3) is 0 Å². The minimum Gasteiger partial charge on any atom is -0.359 e. The monoisotopic (exact) mass is 145 g/mol. The molecule has 1 saturated heterocycles. The normalized spacial score (nSPS) is 16.1. The van der Waals surface area contributed by atoms with Gasteiger partial charge in [-0.1, -0.05) is 13.8 Å². The summed E-state index contributed by atoms with van der Waals surface area (Å²) < 4.78 is 4.92. The third-order valence-electron chi connectivity index (χ3n) is 1.20. The zero-order valence-electron chi connectivity index (χ0n) is 6.89. The van der Waals surface area contributed by atoms with Gasteiger partial charge in [0.1, 0.15) is 6.73 Å². The number of amides is 1. The van der Waals surface area contributed by atoms with Crippen molar-refractivity contribution in [1.82, 2.24) is 4.90 Å². The molecule has 1 fully saturated rings. The van der Waals surface area contributed by atoms with Crippen LogP contribution in [0.25, 0.3) is 0 Å². The van der Waals surface area contributed by atoms with E-state index >= 15 is 0 Å². The van der Waals surface area contributed by atoms with Crippen molar-refractivity contribution in [1.29, 1.82) is 0 Å². The molecule has 0 aromatic rings. The summed E-state index contributed by atoms with van der Waals surface area (Å²) in [6, 6.07) is 0. The Bertz CT molecular complexity index is 97.8. The topological polar surface area (TPSA) is 29.5 Å². The molecule has 0 bridgehead atoms. The second-order valence-corrected chi connectivity index (χ2v) is 1.82. The number of ether oxygens (including phenoxy) is 1. The van der Waals surface area contributed by atoms with Gasteiger partial charge < -0.3 is 9.64 Å². The van der Waals surface area contributed by atoms with Crippen LogP contribution >= 0.6 is 0 Å². The molecule has 60 valence electrons. The van der Waals surface area contributed by atoms with Crippen molar-refractivity contribution in [2.45, 2.75) is 20.8 Å². The summed E-state index contributed by atoms with van der Waals surface area (Å²) in [6.45, 7) is 7.49. The van der Waals surface area contributed by atoms with Crippen molar-refractivity contribution < 1.29 is 9.53 Å². The lowest BCUT2D eigenvalue weighted by atomic mass is 10.6. The fourth-order valence-corrected chi connectivity index (χ4v) is 0.662. The molecule has 0 unspecified atom stereocenters. The van der Waals surface area contributed by atoms with E-state index in [1.807, 2.05) is 13.8 Å². The molecule has 3 heteroatoms. The number of carbonyl (C=O) groups is 1. The number of hydrogen-bond donors (Lipinski definition) is 0. The van der Waals surface area contributed by atoms with Gasteiger partial charge in [0.05, 0.1) is 6.61 Å². The van der Waals surface area contributed by atoms with Gasteiger partial charge in [-0.15, -0.1) is 0 Å². The fourth-order valence-electron chi connectivity index (χ4n) is 0.662. The summed E-state index contributed by atoms with van der Waals surface area (Å²) in [5.41, 5.74) is 0. The first-order chi connectivity index (χ1) is 4.80. The molecule has 1 amide bonds. The van der Waals surface area contributed by atoms with Crippen LogP contribution in [0.15, 0.2) is 0 Å². The molecule has 0 radical (unpaired) electrons. The van der Waals surface area contributed by atoms with Crippen LogP contribution in [0.1, 0.15) is 20.8 Å². The van der Waals surface area contributed by atoms with Crippen molar-refractivity contribution in [3.8, 4) is 0 Å². The van der Waals surface area contributed by atoms with Crippen molar-refractivity contribution in [3.05, 3.63) is 0 Å². The SMILES string of the molecule is CC.CC(=O)N1CCOC1. The molecule has 0 saturated carbocycles. The average molecular weight is 145 g/mol. The standard InChI is InChI=1S/C5H9NO2.C2H6/c1-5(7)6-2-3-8-4-6;1-2/h2-4H2,1H3;1-2H3. The van der Waals surface area contributed by atoms with E-state index in [1.165, 1.54) is 0 Å². The zero-order chi connectivity index (χ0) is 7.98. The second kappa shape index (κ2) is 5.23. The van der Waals surface area contributed by atoms with Gasteiger partial charge in [0, 0.05) is 13.5 Å². The maximum absolute atomic E-state index is 10.5. The molecular formula is C7H15NO2. The summed E-state index contributed by atoms with van der Waals surface area (Å²) in [6.07, 6.45) is 0. The quantitative estimate of drug-likeness (QED) is 0.505. The van der Waals surface area contributed by atoms with E-state index in [-0.39, 0.29) is 5.91 Å². The molecule has 10 heavy (non-hydrogen) atoms. The van der Waals surface area contributed by atoms with E-state index < -0.39 is 0 Å².